The summed E-state index contributed by atoms with van der Waals surface area (Å²) in [6.07, 6.45) is 0. The van der Waals surface area contributed by atoms with Gasteiger partial charge >= 0.3 is 0 Å². The Hall–Kier alpha value is -3.53. The highest BCUT2D eigenvalue weighted by Gasteiger charge is 2.21. The van der Waals surface area contributed by atoms with Crippen LogP contribution in [0.4, 0.5) is 5.69 Å². The maximum absolute atomic E-state index is 12.5. The van der Waals surface area contributed by atoms with Crippen molar-refractivity contribution in [2.45, 2.75) is 12.1 Å². The molecule has 1 aliphatic rings. The number of nitrogens with one attached hydrogen (secondary N) is 2. The number of rotatable bonds is 5. The summed E-state index contributed by atoms with van der Waals surface area (Å²) in [5.74, 6) is 1.27. The normalized spacial score (nSPS) is 12.6. The van der Waals surface area contributed by atoms with Gasteiger partial charge in [-0.15, -0.1) is 5.10 Å². The Bertz CT molecular complexity index is 1280. The van der Waals surface area contributed by atoms with Crippen LogP contribution in [0.2, 0.25) is 0 Å². The van der Waals surface area contributed by atoms with Crippen molar-refractivity contribution in [1.82, 2.24) is 19.6 Å². The summed E-state index contributed by atoms with van der Waals surface area (Å²) >= 11 is 1.27. The van der Waals surface area contributed by atoms with E-state index in [2.05, 4.69) is 20.5 Å². The summed E-state index contributed by atoms with van der Waals surface area (Å²) in [5, 5.41) is 10.5. The number of benzene rings is 2. The monoisotopic (exact) mass is 409 g/mol. The SMILES string of the molecule is CC(=O)c1cc2c(cc1NC(=O)CSc1n[nH]c3nc4ccccc4n13)OCO2. The van der Waals surface area contributed by atoms with Crippen molar-refractivity contribution >= 4 is 46.0 Å². The molecule has 2 aromatic carbocycles. The molecule has 0 saturated heterocycles. The Labute approximate surface area is 168 Å². The molecule has 1 amide bonds. The lowest BCUT2D eigenvalue weighted by atomic mass is 10.1. The zero-order valence-corrected chi connectivity index (χ0v) is 16.1. The lowest BCUT2D eigenvalue weighted by Crippen LogP contribution is -2.16. The first-order valence-electron chi connectivity index (χ1n) is 8.79. The van der Waals surface area contributed by atoms with Crippen molar-refractivity contribution in [3.63, 3.8) is 0 Å². The molecule has 0 saturated carbocycles. The van der Waals surface area contributed by atoms with E-state index in [1.807, 2.05) is 28.7 Å². The molecule has 2 N–H and O–H groups in total. The molecule has 0 bridgehead atoms. The van der Waals surface area contributed by atoms with Crippen molar-refractivity contribution in [2.24, 2.45) is 0 Å². The average molecular weight is 409 g/mol. The summed E-state index contributed by atoms with van der Waals surface area (Å²) in [6, 6.07) is 10.9. The first kappa shape index (κ1) is 17.6. The molecule has 1 aliphatic heterocycles. The molecule has 5 rings (SSSR count). The van der Waals surface area contributed by atoms with Gasteiger partial charge in [-0.1, -0.05) is 23.9 Å². The summed E-state index contributed by atoms with van der Waals surface area (Å²) in [6.45, 7) is 1.53. The molecular formula is C19H15N5O4S. The molecule has 0 radical (unpaired) electrons. The second kappa shape index (κ2) is 6.82. The number of para-hydroxylation sites is 2. The second-order valence-corrected chi connectivity index (χ2v) is 7.35. The van der Waals surface area contributed by atoms with Gasteiger partial charge in [-0.3, -0.25) is 14.0 Å². The Kier molecular flexibility index (Phi) is 4.13. The van der Waals surface area contributed by atoms with Crippen LogP contribution >= 0.6 is 11.8 Å². The molecule has 0 atom stereocenters. The molecule has 146 valence electrons. The van der Waals surface area contributed by atoms with Crippen molar-refractivity contribution in [3.8, 4) is 11.5 Å². The van der Waals surface area contributed by atoms with E-state index in [1.54, 1.807) is 12.1 Å². The lowest BCUT2D eigenvalue weighted by molar-refractivity contribution is -0.113. The van der Waals surface area contributed by atoms with E-state index in [-0.39, 0.29) is 24.2 Å². The number of hydrogen-bond donors (Lipinski definition) is 2. The molecule has 0 unspecified atom stereocenters. The zero-order valence-electron chi connectivity index (χ0n) is 15.3. The number of carbonyl (C=O) groups is 2. The second-order valence-electron chi connectivity index (χ2n) is 6.41. The average Bonchev–Trinajstić information content (AvgIpc) is 3.40. The van der Waals surface area contributed by atoms with Gasteiger partial charge in [-0.05, 0) is 25.1 Å². The van der Waals surface area contributed by atoms with Crippen LogP contribution in [0.15, 0.2) is 41.6 Å². The van der Waals surface area contributed by atoms with Gasteiger partial charge in [0.15, 0.2) is 22.4 Å². The van der Waals surface area contributed by atoms with E-state index in [0.717, 1.165) is 11.0 Å². The van der Waals surface area contributed by atoms with E-state index in [4.69, 9.17) is 9.47 Å². The minimum absolute atomic E-state index is 0.0912. The molecule has 0 spiro atoms. The molecular weight excluding hydrogens is 394 g/mol. The van der Waals surface area contributed by atoms with Gasteiger partial charge < -0.3 is 14.8 Å². The number of aromatic amines is 1. The topological polar surface area (TPSA) is 111 Å². The molecule has 0 aliphatic carbocycles. The number of hydrogen-bond acceptors (Lipinski definition) is 7. The maximum Gasteiger partial charge on any atom is 0.234 e. The lowest BCUT2D eigenvalue weighted by Gasteiger charge is -2.10. The Balaban J connectivity index is 1.36. The van der Waals surface area contributed by atoms with Crippen LogP contribution in [-0.2, 0) is 4.79 Å². The number of anilines is 1. The van der Waals surface area contributed by atoms with Crippen LogP contribution in [-0.4, -0.2) is 43.8 Å². The third-order valence-corrected chi connectivity index (χ3v) is 5.44. The molecule has 10 heteroatoms. The van der Waals surface area contributed by atoms with E-state index in [1.165, 1.54) is 18.7 Å². The highest BCUT2D eigenvalue weighted by atomic mass is 32.2. The predicted molar refractivity (Wildman–Crippen MR) is 107 cm³/mol. The summed E-state index contributed by atoms with van der Waals surface area (Å²) in [5.41, 5.74) is 2.52. The van der Waals surface area contributed by atoms with Gasteiger partial charge in [-0.2, -0.15) is 0 Å². The van der Waals surface area contributed by atoms with E-state index in [9.17, 15) is 9.59 Å². The minimum Gasteiger partial charge on any atom is -0.454 e. The number of carbonyl (C=O) groups excluding carboxylic acids is 2. The first-order chi connectivity index (χ1) is 14.1. The fourth-order valence-corrected chi connectivity index (χ4v) is 3.95. The number of imidazole rings is 1. The number of nitrogens with zero attached hydrogens (tertiary/aromatic N) is 3. The van der Waals surface area contributed by atoms with Crippen LogP contribution in [0.25, 0.3) is 16.8 Å². The van der Waals surface area contributed by atoms with Crippen molar-refractivity contribution < 1.29 is 19.1 Å². The van der Waals surface area contributed by atoms with Crippen molar-refractivity contribution in [1.29, 1.82) is 0 Å². The van der Waals surface area contributed by atoms with Crippen molar-refractivity contribution in [3.05, 3.63) is 42.0 Å². The van der Waals surface area contributed by atoms with Gasteiger partial charge in [0, 0.05) is 11.6 Å². The van der Waals surface area contributed by atoms with Gasteiger partial charge in [-0.25, -0.2) is 10.1 Å². The highest BCUT2D eigenvalue weighted by Crippen LogP contribution is 2.37. The number of aromatic nitrogens is 4. The fraction of sp³-hybridized carbons (Fsp3) is 0.158. The summed E-state index contributed by atoms with van der Waals surface area (Å²) < 4.78 is 12.5. The first-order valence-corrected chi connectivity index (χ1v) is 9.77. The van der Waals surface area contributed by atoms with Crippen LogP contribution in [0.5, 0.6) is 11.5 Å². The number of ketones is 1. The van der Waals surface area contributed by atoms with E-state index < -0.39 is 0 Å². The number of amides is 1. The fourth-order valence-electron chi connectivity index (χ4n) is 3.19. The van der Waals surface area contributed by atoms with Crippen LogP contribution in [0.1, 0.15) is 17.3 Å². The molecule has 29 heavy (non-hydrogen) atoms. The number of thioether (sulfide) groups is 1. The van der Waals surface area contributed by atoms with E-state index >= 15 is 0 Å². The summed E-state index contributed by atoms with van der Waals surface area (Å²) in [4.78, 5) is 29.0. The van der Waals surface area contributed by atoms with Gasteiger partial charge in [0.1, 0.15) is 0 Å². The highest BCUT2D eigenvalue weighted by molar-refractivity contribution is 7.99. The van der Waals surface area contributed by atoms with Crippen LogP contribution < -0.4 is 14.8 Å². The Morgan fingerprint density at radius 1 is 1.24 bits per heavy atom. The summed E-state index contributed by atoms with van der Waals surface area (Å²) in [7, 11) is 0. The third-order valence-electron chi connectivity index (χ3n) is 4.50. The van der Waals surface area contributed by atoms with Gasteiger partial charge in [0.05, 0.1) is 22.5 Å². The van der Waals surface area contributed by atoms with Gasteiger partial charge in [0.25, 0.3) is 0 Å². The number of fused-ring (bicyclic) bond motifs is 4. The minimum atomic E-state index is -0.267. The number of H-pyrrole nitrogens is 1. The number of ether oxygens (including phenoxy) is 2. The molecule has 2 aromatic heterocycles. The molecule has 9 nitrogen and oxygen atoms in total. The van der Waals surface area contributed by atoms with Gasteiger partial charge in [0.2, 0.25) is 18.5 Å². The third kappa shape index (κ3) is 3.07. The maximum atomic E-state index is 12.5. The Morgan fingerprint density at radius 3 is 2.86 bits per heavy atom. The smallest absolute Gasteiger partial charge is 0.234 e. The number of Topliss-reactive ketones (excluding diaryl/α,β-unsaturated/α-hetero) is 1. The molecule has 0 fully saturated rings. The zero-order chi connectivity index (χ0) is 20.0. The van der Waals surface area contributed by atoms with E-state index in [0.29, 0.717) is 33.7 Å². The van der Waals surface area contributed by atoms with Crippen LogP contribution in [0.3, 0.4) is 0 Å². The quantitative estimate of drug-likeness (QED) is 0.385. The molecule has 4 aromatic rings. The van der Waals surface area contributed by atoms with Crippen LogP contribution in [0, 0.1) is 0 Å². The molecule has 3 heterocycles. The predicted octanol–water partition coefficient (Wildman–Crippen LogP) is 2.87. The largest absolute Gasteiger partial charge is 0.454 e. The Morgan fingerprint density at radius 2 is 2.03 bits per heavy atom. The van der Waals surface area contributed by atoms with Crippen molar-refractivity contribution in [2.75, 3.05) is 17.9 Å². The standard InChI is InChI=1S/C19H15N5O4S/c1-10(25)11-6-15-16(28-9-27-15)7-13(11)20-17(26)8-29-19-23-22-18-21-12-4-2-3-5-14(12)24(18)19/h2-7H,8-9H2,1H3,(H,20,26)(H,21,22).